The lowest BCUT2D eigenvalue weighted by Gasteiger charge is -2.18. The van der Waals surface area contributed by atoms with Crippen molar-refractivity contribution in [1.82, 2.24) is 0 Å². The molecule has 5 nitrogen and oxygen atoms in total. The normalized spacial score (nSPS) is 12.6. The molecular formula is C51H92O5. The fourth-order valence-electron chi connectivity index (χ4n) is 6.75. The van der Waals surface area contributed by atoms with Gasteiger partial charge in [0.2, 0.25) is 0 Å². The molecule has 0 amide bonds. The molecule has 1 unspecified atom stereocenters. The van der Waals surface area contributed by atoms with Gasteiger partial charge in [0.25, 0.3) is 0 Å². The van der Waals surface area contributed by atoms with Gasteiger partial charge in [-0.3, -0.25) is 9.59 Å². The van der Waals surface area contributed by atoms with Crippen LogP contribution in [0.5, 0.6) is 0 Å². The summed E-state index contributed by atoms with van der Waals surface area (Å²) in [5.74, 6) is -0.417. The van der Waals surface area contributed by atoms with Crippen molar-refractivity contribution < 1.29 is 23.8 Å². The van der Waals surface area contributed by atoms with Gasteiger partial charge >= 0.3 is 11.9 Å². The Bertz CT molecular complexity index is 935. The summed E-state index contributed by atoms with van der Waals surface area (Å²) in [6.45, 7) is 7.67. The van der Waals surface area contributed by atoms with Crippen LogP contribution in [0, 0.1) is 0 Å². The van der Waals surface area contributed by atoms with E-state index in [1.807, 2.05) is 0 Å². The number of carbonyl (C=O) groups is 2. The van der Waals surface area contributed by atoms with E-state index in [4.69, 9.17) is 14.2 Å². The molecule has 5 heteroatoms. The molecule has 0 fully saturated rings. The summed E-state index contributed by atoms with van der Waals surface area (Å²) in [5.41, 5.74) is 0. The molecule has 0 aliphatic heterocycles. The van der Waals surface area contributed by atoms with Crippen LogP contribution in [0.1, 0.15) is 239 Å². The SMILES string of the molecule is CC/C=C\C/C=C\C/C=C\CCCCCCCC(=O)OC(COCCCCCCCC)COC(=O)CCCCCCCCCCC/C=C\CCCCCCCC. The molecule has 0 aromatic rings. The average molecular weight is 785 g/mol. The van der Waals surface area contributed by atoms with Crippen LogP contribution in [0.15, 0.2) is 48.6 Å². The topological polar surface area (TPSA) is 61.8 Å². The molecule has 56 heavy (non-hydrogen) atoms. The van der Waals surface area contributed by atoms with Gasteiger partial charge in [-0.2, -0.15) is 0 Å². The van der Waals surface area contributed by atoms with Crippen molar-refractivity contribution in [2.45, 2.75) is 245 Å². The monoisotopic (exact) mass is 785 g/mol. The first-order chi connectivity index (χ1) is 27.6. The van der Waals surface area contributed by atoms with Gasteiger partial charge in [0.05, 0.1) is 6.61 Å². The maximum absolute atomic E-state index is 12.7. The standard InChI is InChI=1S/C51H92O5/c1-4-7-10-13-16-18-20-22-24-25-26-27-29-30-32-34-36-38-41-44-50(52)55-48-49(47-54-46-43-40-15-12-9-6-3)56-51(53)45-42-39-37-35-33-31-28-23-21-19-17-14-11-8-5-2/h8,11,17,19,22-24,28,49H,4-7,9-10,12-16,18,20-21,25-27,29-48H2,1-3H3/b11-8-,19-17-,24-22-,28-23-. The molecule has 0 heterocycles. The highest BCUT2D eigenvalue weighted by Gasteiger charge is 2.17. The predicted molar refractivity (Wildman–Crippen MR) is 242 cm³/mol. The van der Waals surface area contributed by atoms with Crippen LogP contribution in [0.2, 0.25) is 0 Å². The molecule has 0 saturated heterocycles. The van der Waals surface area contributed by atoms with Crippen LogP contribution < -0.4 is 0 Å². The first-order valence-electron chi connectivity index (χ1n) is 24.2. The van der Waals surface area contributed by atoms with Crippen LogP contribution in [-0.2, 0) is 23.8 Å². The van der Waals surface area contributed by atoms with Crippen LogP contribution in [-0.4, -0.2) is 37.9 Å². The van der Waals surface area contributed by atoms with Gasteiger partial charge in [0.1, 0.15) is 6.61 Å². The Morgan fingerprint density at radius 1 is 0.411 bits per heavy atom. The first kappa shape index (κ1) is 53.9. The average Bonchev–Trinajstić information content (AvgIpc) is 3.20. The van der Waals surface area contributed by atoms with Crippen LogP contribution in [0.25, 0.3) is 0 Å². The molecule has 0 radical (unpaired) electrons. The van der Waals surface area contributed by atoms with Gasteiger partial charge < -0.3 is 14.2 Å². The Balaban J connectivity index is 4.09. The van der Waals surface area contributed by atoms with Gasteiger partial charge in [-0.15, -0.1) is 0 Å². The van der Waals surface area contributed by atoms with E-state index in [1.165, 1.54) is 135 Å². The highest BCUT2D eigenvalue weighted by molar-refractivity contribution is 5.70. The molecule has 0 saturated carbocycles. The first-order valence-corrected chi connectivity index (χ1v) is 24.2. The zero-order valence-corrected chi connectivity index (χ0v) is 37.4. The number of rotatable bonds is 44. The third-order valence-corrected chi connectivity index (χ3v) is 10.3. The minimum atomic E-state index is -0.540. The molecule has 326 valence electrons. The molecule has 0 aliphatic carbocycles. The van der Waals surface area contributed by atoms with Crippen molar-refractivity contribution in [1.29, 1.82) is 0 Å². The predicted octanol–water partition coefficient (Wildman–Crippen LogP) is 16.0. The van der Waals surface area contributed by atoms with Crippen LogP contribution in [0.3, 0.4) is 0 Å². The number of hydrogen-bond donors (Lipinski definition) is 0. The van der Waals surface area contributed by atoms with Crippen molar-refractivity contribution in [3.05, 3.63) is 48.6 Å². The number of hydrogen-bond acceptors (Lipinski definition) is 5. The van der Waals surface area contributed by atoms with E-state index >= 15 is 0 Å². The molecule has 0 spiro atoms. The third-order valence-electron chi connectivity index (χ3n) is 10.3. The largest absolute Gasteiger partial charge is 0.462 e. The maximum Gasteiger partial charge on any atom is 0.306 e. The molecule has 1 atom stereocenters. The molecule has 0 aliphatic rings. The Kier molecular flexibility index (Phi) is 45.4. The van der Waals surface area contributed by atoms with Gasteiger partial charge in [0.15, 0.2) is 6.10 Å². The Hall–Kier alpha value is -2.14. The van der Waals surface area contributed by atoms with Crippen molar-refractivity contribution in [3.8, 4) is 0 Å². The molecule has 0 bridgehead atoms. The number of carbonyl (C=O) groups excluding carboxylic acids is 2. The van der Waals surface area contributed by atoms with Crippen molar-refractivity contribution in [2.75, 3.05) is 19.8 Å². The summed E-state index contributed by atoms with van der Waals surface area (Å²) < 4.78 is 17.2. The van der Waals surface area contributed by atoms with E-state index in [2.05, 4.69) is 69.4 Å². The van der Waals surface area contributed by atoms with Gasteiger partial charge in [-0.1, -0.05) is 198 Å². The summed E-state index contributed by atoms with van der Waals surface area (Å²) in [6, 6.07) is 0. The summed E-state index contributed by atoms with van der Waals surface area (Å²) >= 11 is 0. The second-order valence-corrected chi connectivity index (χ2v) is 16.0. The second-order valence-electron chi connectivity index (χ2n) is 16.0. The van der Waals surface area contributed by atoms with Crippen molar-refractivity contribution in [2.24, 2.45) is 0 Å². The van der Waals surface area contributed by atoms with E-state index in [1.54, 1.807) is 0 Å². The Labute approximate surface area is 348 Å². The van der Waals surface area contributed by atoms with Gasteiger partial charge in [-0.05, 0) is 77.0 Å². The molecule has 0 aromatic carbocycles. The number of esters is 2. The Morgan fingerprint density at radius 3 is 1.30 bits per heavy atom. The molecule has 0 rings (SSSR count). The zero-order valence-electron chi connectivity index (χ0n) is 37.4. The zero-order chi connectivity index (χ0) is 40.7. The van der Waals surface area contributed by atoms with E-state index in [0.29, 0.717) is 19.4 Å². The lowest BCUT2D eigenvalue weighted by molar-refractivity contribution is -0.163. The van der Waals surface area contributed by atoms with Gasteiger partial charge in [-0.25, -0.2) is 0 Å². The van der Waals surface area contributed by atoms with E-state index in [0.717, 1.165) is 70.6 Å². The summed E-state index contributed by atoms with van der Waals surface area (Å²) in [6.07, 6.45) is 57.0. The highest BCUT2D eigenvalue weighted by Crippen LogP contribution is 2.14. The fourth-order valence-corrected chi connectivity index (χ4v) is 6.75. The third kappa shape index (κ3) is 44.6. The number of allylic oxidation sites excluding steroid dienone is 8. The number of ether oxygens (including phenoxy) is 3. The summed E-state index contributed by atoms with van der Waals surface area (Å²) in [7, 11) is 0. The summed E-state index contributed by atoms with van der Waals surface area (Å²) in [4.78, 5) is 25.2. The van der Waals surface area contributed by atoms with E-state index < -0.39 is 6.10 Å². The van der Waals surface area contributed by atoms with Crippen molar-refractivity contribution >= 4 is 11.9 Å². The molecule has 0 aromatic heterocycles. The minimum absolute atomic E-state index is 0.0786. The van der Waals surface area contributed by atoms with Crippen molar-refractivity contribution in [3.63, 3.8) is 0 Å². The van der Waals surface area contributed by atoms with Crippen LogP contribution >= 0.6 is 0 Å². The highest BCUT2D eigenvalue weighted by atomic mass is 16.6. The van der Waals surface area contributed by atoms with Crippen LogP contribution in [0.4, 0.5) is 0 Å². The molecule has 0 N–H and O–H groups in total. The van der Waals surface area contributed by atoms with E-state index in [9.17, 15) is 9.59 Å². The smallest absolute Gasteiger partial charge is 0.306 e. The minimum Gasteiger partial charge on any atom is -0.462 e. The number of unbranched alkanes of at least 4 members (excludes halogenated alkanes) is 25. The molecular weight excluding hydrogens is 693 g/mol. The second kappa shape index (κ2) is 47.2. The fraction of sp³-hybridized carbons (Fsp3) is 0.804. The van der Waals surface area contributed by atoms with Gasteiger partial charge in [0, 0.05) is 19.4 Å². The quantitative estimate of drug-likeness (QED) is 0.0350. The summed E-state index contributed by atoms with van der Waals surface area (Å²) in [5, 5.41) is 0. The Morgan fingerprint density at radius 2 is 0.804 bits per heavy atom. The lowest BCUT2D eigenvalue weighted by atomic mass is 10.1. The van der Waals surface area contributed by atoms with E-state index in [-0.39, 0.29) is 25.2 Å². The maximum atomic E-state index is 12.7. The lowest BCUT2D eigenvalue weighted by Crippen LogP contribution is -2.30.